The zero-order valence-electron chi connectivity index (χ0n) is 13.6. The smallest absolute Gasteiger partial charge is 0.263 e. The summed E-state index contributed by atoms with van der Waals surface area (Å²) in [5, 5.41) is 6.39. The van der Waals surface area contributed by atoms with E-state index in [1.807, 2.05) is 12.1 Å². The summed E-state index contributed by atoms with van der Waals surface area (Å²) >= 11 is 1.28. The van der Waals surface area contributed by atoms with Crippen LogP contribution in [0.5, 0.6) is 5.75 Å². The third-order valence-electron chi connectivity index (χ3n) is 3.62. The molecular weight excluding hydrogens is 326 g/mol. The molecule has 0 bridgehead atoms. The van der Waals surface area contributed by atoms with E-state index in [2.05, 4.69) is 15.6 Å². The molecule has 2 amide bonds. The Morgan fingerprint density at radius 3 is 2.88 bits per heavy atom. The molecule has 1 saturated carbocycles. The van der Waals surface area contributed by atoms with Crippen LogP contribution in [0.25, 0.3) is 0 Å². The maximum Gasteiger partial charge on any atom is 0.263 e. The molecule has 126 valence electrons. The molecule has 0 aliphatic heterocycles. The van der Waals surface area contributed by atoms with Gasteiger partial charge in [-0.2, -0.15) is 0 Å². The number of hydrogen-bond donors (Lipinski definition) is 2. The Balaban J connectivity index is 1.62. The van der Waals surface area contributed by atoms with Crippen molar-refractivity contribution in [1.82, 2.24) is 10.3 Å². The van der Waals surface area contributed by atoms with Gasteiger partial charge in [-0.05, 0) is 31.9 Å². The Kier molecular flexibility index (Phi) is 4.80. The SMILES string of the molecule is COc1cccc(NC(=O)Cc2nc(C)c(C(=O)NC3CC3)s2)c1. The minimum atomic E-state index is -0.175. The predicted octanol–water partition coefficient (Wildman–Crippen LogP) is 2.53. The average Bonchev–Trinajstić information content (AvgIpc) is 3.28. The fraction of sp³-hybridized carbons (Fsp3) is 0.353. The van der Waals surface area contributed by atoms with Gasteiger partial charge in [0.15, 0.2) is 0 Å². The topological polar surface area (TPSA) is 80.3 Å². The molecule has 1 aromatic heterocycles. The number of thiazole rings is 1. The largest absolute Gasteiger partial charge is 0.497 e. The van der Waals surface area contributed by atoms with Gasteiger partial charge >= 0.3 is 0 Å². The van der Waals surface area contributed by atoms with E-state index in [0.717, 1.165) is 12.8 Å². The summed E-state index contributed by atoms with van der Waals surface area (Å²) < 4.78 is 5.13. The van der Waals surface area contributed by atoms with Gasteiger partial charge in [-0.1, -0.05) is 6.07 Å². The van der Waals surface area contributed by atoms with Crippen molar-refractivity contribution in [2.45, 2.75) is 32.2 Å². The maximum absolute atomic E-state index is 12.2. The summed E-state index contributed by atoms with van der Waals surface area (Å²) in [6.45, 7) is 1.79. The van der Waals surface area contributed by atoms with E-state index in [9.17, 15) is 9.59 Å². The second-order valence-electron chi connectivity index (χ2n) is 5.73. The maximum atomic E-state index is 12.2. The highest BCUT2D eigenvalue weighted by molar-refractivity contribution is 7.13. The van der Waals surface area contributed by atoms with E-state index < -0.39 is 0 Å². The Morgan fingerprint density at radius 2 is 2.17 bits per heavy atom. The van der Waals surface area contributed by atoms with E-state index in [4.69, 9.17) is 4.74 Å². The highest BCUT2D eigenvalue weighted by Gasteiger charge is 2.26. The lowest BCUT2D eigenvalue weighted by Gasteiger charge is -2.05. The van der Waals surface area contributed by atoms with Gasteiger partial charge in [-0.3, -0.25) is 9.59 Å². The molecule has 0 spiro atoms. The summed E-state index contributed by atoms with van der Waals surface area (Å²) in [7, 11) is 1.58. The van der Waals surface area contributed by atoms with Gasteiger partial charge in [0, 0.05) is 17.8 Å². The molecule has 24 heavy (non-hydrogen) atoms. The predicted molar refractivity (Wildman–Crippen MR) is 92.7 cm³/mol. The Labute approximate surface area is 144 Å². The second-order valence-corrected chi connectivity index (χ2v) is 6.81. The molecule has 1 aliphatic carbocycles. The summed E-state index contributed by atoms with van der Waals surface area (Å²) in [4.78, 5) is 29.2. The molecule has 6 nitrogen and oxygen atoms in total. The van der Waals surface area contributed by atoms with Gasteiger partial charge in [-0.15, -0.1) is 11.3 Å². The van der Waals surface area contributed by atoms with Crippen LogP contribution in [-0.4, -0.2) is 29.9 Å². The number of benzene rings is 1. The van der Waals surface area contributed by atoms with E-state index in [0.29, 0.717) is 33.1 Å². The average molecular weight is 345 g/mol. The lowest BCUT2D eigenvalue weighted by molar-refractivity contribution is -0.115. The Hall–Kier alpha value is -2.41. The first-order chi connectivity index (χ1) is 11.5. The summed E-state index contributed by atoms with van der Waals surface area (Å²) in [5.74, 6) is 0.412. The molecule has 2 N–H and O–H groups in total. The lowest BCUT2D eigenvalue weighted by atomic mass is 10.3. The fourth-order valence-electron chi connectivity index (χ4n) is 2.26. The number of nitrogens with one attached hydrogen (secondary N) is 2. The van der Waals surface area contributed by atoms with Crippen LogP contribution in [0.3, 0.4) is 0 Å². The Bertz CT molecular complexity index is 768. The number of carbonyl (C=O) groups is 2. The fourth-order valence-corrected chi connectivity index (χ4v) is 3.23. The number of aryl methyl sites for hydroxylation is 1. The van der Waals surface area contributed by atoms with Crippen molar-refractivity contribution < 1.29 is 14.3 Å². The molecule has 1 fully saturated rings. The van der Waals surface area contributed by atoms with Crippen molar-refractivity contribution in [3.05, 3.63) is 39.8 Å². The molecule has 0 radical (unpaired) electrons. The first kappa shape index (κ1) is 16.4. The third-order valence-corrected chi connectivity index (χ3v) is 4.78. The number of anilines is 1. The lowest BCUT2D eigenvalue weighted by Crippen LogP contribution is -2.25. The molecule has 0 saturated heterocycles. The summed E-state index contributed by atoms with van der Waals surface area (Å²) in [6, 6.07) is 7.47. The molecule has 1 aromatic carbocycles. The van der Waals surface area contributed by atoms with Crippen molar-refractivity contribution >= 4 is 28.8 Å². The van der Waals surface area contributed by atoms with E-state index in [1.165, 1.54) is 11.3 Å². The van der Waals surface area contributed by atoms with Gasteiger partial charge in [0.1, 0.15) is 15.6 Å². The van der Waals surface area contributed by atoms with E-state index in [-0.39, 0.29) is 18.2 Å². The molecular formula is C17H19N3O3S. The highest BCUT2D eigenvalue weighted by atomic mass is 32.1. The normalized spacial score (nSPS) is 13.4. The molecule has 0 atom stereocenters. The van der Waals surface area contributed by atoms with Crippen molar-refractivity contribution in [2.24, 2.45) is 0 Å². The van der Waals surface area contributed by atoms with E-state index >= 15 is 0 Å². The molecule has 1 heterocycles. The van der Waals surface area contributed by atoms with Crippen LogP contribution in [0.2, 0.25) is 0 Å². The molecule has 0 unspecified atom stereocenters. The third kappa shape index (κ3) is 4.11. The molecule has 3 rings (SSSR count). The first-order valence-electron chi connectivity index (χ1n) is 7.76. The van der Waals surface area contributed by atoms with Crippen LogP contribution in [0.4, 0.5) is 5.69 Å². The monoisotopic (exact) mass is 345 g/mol. The minimum absolute atomic E-state index is 0.0908. The van der Waals surface area contributed by atoms with Gasteiger partial charge in [0.2, 0.25) is 5.91 Å². The van der Waals surface area contributed by atoms with Crippen molar-refractivity contribution in [3.8, 4) is 5.75 Å². The zero-order valence-corrected chi connectivity index (χ0v) is 14.4. The second kappa shape index (κ2) is 7.00. The van der Waals surface area contributed by atoms with Crippen molar-refractivity contribution in [3.63, 3.8) is 0 Å². The number of carbonyl (C=O) groups excluding carboxylic acids is 2. The van der Waals surface area contributed by atoms with Gasteiger partial charge in [0.05, 0.1) is 19.2 Å². The highest BCUT2D eigenvalue weighted by Crippen LogP contribution is 2.23. The standard InChI is InChI=1S/C17H19N3O3S/c1-10-16(17(22)20-11-6-7-11)24-15(18-10)9-14(21)19-12-4-3-5-13(8-12)23-2/h3-5,8,11H,6-7,9H2,1-2H3,(H,19,21)(H,20,22). The van der Waals surface area contributed by atoms with Crippen LogP contribution in [0, 0.1) is 6.92 Å². The van der Waals surface area contributed by atoms with Gasteiger partial charge < -0.3 is 15.4 Å². The van der Waals surface area contributed by atoms with Crippen LogP contribution in [0.1, 0.15) is 33.2 Å². The van der Waals surface area contributed by atoms with Crippen molar-refractivity contribution in [2.75, 3.05) is 12.4 Å². The Morgan fingerprint density at radius 1 is 1.38 bits per heavy atom. The van der Waals surface area contributed by atoms with Crippen LogP contribution in [-0.2, 0) is 11.2 Å². The van der Waals surface area contributed by atoms with Crippen LogP contribution < -0.4 is 15.4 Å². The zero-order chi connectivity index (χ0) is 17.1. The van der Waals surface area contributed by atoms with Gasteiger partial charge in [0.25, 0.3) is 5.91 Å². The number of amides is 2. The molecule has 7 heteroatoms. The van der Waals surface area contributed by atoms with Crippen molar-refractivity contribution in [1.29, 1.82) is 0 Å². The molecule has 2 aromatic rings. The summed E-state index contributed by atoms with van der Waals surface area (Å²) in [6.07, 6.45) is 2.22. The van der Waals surface area contributed by atoms with Crippen LogP contribution >= 0.6 is 11.3 Å². The number of hydrogen-bond acceptors (Lipinski definition) is 5. The number of ether oxygens (including phenoxy) is 1. The minimum Gasteiger partial charge on any atom is -0.497 e. The number of methoxy groups -OCH3 is 1. The van der Waals surface area contributed by atoms with Crippen LogP contribution in [0.15, 0.2) is 24.3 Å². The molecule has 1 aliphatic rings. The number of aromatic nitrogens is 1. The summed E-state index contributed by atoms with van der Waals surface area (Å²) in [5.41, 5.74) is 1.33. The first-order valence-corrected chi connectivity index (χ1v) is 8.58. The van der Waals surface area contributed by atoms with Gasteiger partial charge in [-0.25, -0.2) is 4.98 Å². The van der Waals surface area contributed by atoms with E-state index in [1.54, 1.807) is 26.2 Å². The quantitative estimate of drug-likeness (QED) is 0.843. The number of nitrogens with zero attached hydrogens (tertiary/aromatic N) is 1. The number of rotatable bonds is 6.